The third-order valence-corrected chi connectivity index (χ3v) is 7.54. The smallest absolute Gasteiger partial charge is 0.240 e. The Morgan fingerprint density at radius 1 is 1.09 bits per heavy atom. The molecule has 3 aromatic rings. The molecule has 12 nitrogen and oxygen atoms in total. The first-order valence-corrected chi connectivity index (χ1v) is 12.5. The van der Waals surface area contributed by atoms with E-state index in [1.165, 1.54) is 14.2 Å². The van der Waals surface area contributed by atoms with Crippen molar-refractivity contribution in [2.24, 2.45) is 0 Å². The molecule has 0 aromatic carbocycles. The molecule has 1 N–H and O–H groups in total. The van der Waals surface area contributed by atoms with E-state index in [-0.39, 0.29) is 5.95 Å². The average molecular weight is 506 g/mol. The zero-order valence-corrected chi connectivity index (χ0v) is 21.5. The number of nitrogens with zero attached hydrogens (tertiary/aromatic N) is 6. The second kappa shape index (κ2) is 11.5. The van der Waals surface area contributed by atoms with Gasteiger partial charge in [-0.25, -0.2) is 13.4 Å². The van der Waals surface area contributed by atoms with E-state index in [0.717, 1.165) is 5.69 Å². The molecule has 0 fully saturated rings. The molecule has 0 aliphatic rings. The summed E-state index contributed by atoms with van der Waals surface area (Å²) in [4.78, 5) is 13.0. The minimum Gasteiger partial charge on any atom is -0.481 e. The lowest BCUT2D eigenvalue weighted by Gasteiger charge is -2.23. The highest BCUT2D eigenvalue weighted by atomic mass is 32.2. The maximum atomic E-state index is 13.4. The number of aromatic nitrogens is 6. The molecule has 0 bridgehead atoms. The number of pyridine rings is 1. The number of nitrogens with one attached hydrogen (secondary N) is 1. The fraction of sp³-hybridized carbons (Fsp3) is 0.500. The topological polar surface area (TPSA) is 143 Å². The van der Waals surface area contributed by atoms with Gasteiger partial charge in [0.25, 0.3) is 0 Å². The predicted molar refractivity (Wildman–Crippen MR) is 130 cm³/mol. The van der Waals surface area contributed by atoms with Crippen LogP contribution in [-0.2, 0) is 19.5 Å². The number of hydrogen-bond donors (Lipinski definition) is 1. The lowest BCUT2D eigenvalue weighted by atomic mass is 10.1. The van der Waals surface area contributed by atoms with Gasteiger partial charge in [0.2, 0.25) is 21.9 Å². The molecule has 0 amide bonds. The first-order chi connectivity index (χ1) is 16.7. The largest absolute Gasteiger partial charge is 0.481 e. The van der Waals surface area contributed by atoms with Crippen LogP contribution in [0.2, 0.25) is 0 Å². The van der Waals surface area contributed by atoms with Crippen LogP contribution in [0.25, 0.3) is 11.5 Å². The van der Waals surface area contributed by atoms with Crippen molar-refractivity contribution in [2.45, 2.75) is 44.6 Å². The van der Waals surface area contributed by atoms with E-state index in [1.54, 1.807) is 56.1 Å². The third-order valence-electron chi connectivity index (χ3n) is 5.68. The number of anilines is 1. The molecule has 1 unspecified atom stereocenters. The molecule has 13 heteroatoms. The van der Waals surface area contributed by atoms with Crippen molar-refractivity contribution in [3.8, 4) is 17.4 Å². The maximum absolute atomic E-state index is 13.4. The summed E-state index contributed by atoms with van der Waals surface area (Å²) in [5.74, 6) is 0.270. The van der Waals surface area contributed by atoms with Crippen molar-refractivity contribution in [1.82, 2.24) is 29.7 Å². The predicted octanol–water partition coefficient (Wildman–Crippen LogP) is 2.56. The van der Waals surface area contributed by atoms with E-state index in [0.29, 0.717) is 36.1 Å². The molecule has 3 rings (SSSR count). The molecule has 0 radical (unpaired) electrons. The molecular formula is C22H31N7O5S. The second-order valence-corrected chi connectivity index (χ2v) is 10.0. The van der Waals surface area contributed by atoms with E-state index >= 15 is 0 Å². The molecule has 35 heavy (non-hydrogen) atoms. The van der Waals surface area contributed by atoms with E-state index in [1.807, 2.05) is 6.92 Å². The van der Waals surface area contributed by atoms with Gasteiger partial charge in [0, 0.05) is 45.0 Å². The Morgan fingerprint density at radius 2 is 1.86 bits per heavy atom. The molecule has 3 heterocycles. The highest BCUT2D eigenvalue weighted by Gasteiger charge is 2.32. The summed E-state index contributed by atoms with van der Waals surface area (Å²) in [6.45, 7) is 5.59. The summed E-state index contributed by atoms with van der Waals surface area (Å²) in [7, 11) is 0.687. The Labute approximate surface area is 205 Å². The van der Waals surface area contributed by atoms with Gasteiger partial charge in [-0.2, -0.15) is 0 Å². The van der Waals surface area contributed by atoms with Crippen LogP contribution in [0.3, 0.4) is 0 Å². The van der Waals surface area contributed by atoms with Crippen LogP contribution in [0.15, 0.2) is 30.6 Å². The average Bonchev–Trinajstić information content (AvgIpc) is 3.26. The van der Waals surface area contributed by atoms with Gasteiger partial charge in [-0.15, -0.1) is 10.2 Å². The lowest BCUT2D eigenvalue weighted by Crippen LogP contribution is -2.32. The summed E-state index contributed by atoms with van der Waals surface area (Å²) in [6, 6.07) is 5.18. The van der Waals surface area contributed by atoms with Crippen LogP contribution < -0.4 is 9.46 Å². The van der Waals surface area contributed by atoms with Gasteiger partial charge in [-0.05, 0) is 19.9 Å². The van der Waals surface area contributed by atoms with Crippen LogP contribution in [0.5, 0.6) is 5.88 Å². The second-order valence-electron chi connectivity index (χ2n) is 7.98. The molecule has 3 atom stereocenters. The van der Waals surface area contributed by atoms with E-state index < -0.39 is 27.4 Å². The standard InChI is InChI=1S/C22H31N7O5S/c1-14-12-24-18(13-23-14)15(2)16(3)35(30,31)28-22-27-26-21(17-8-7-9-19(25-17)33-5)29(22)20(34-6)10-11-32-4/h7-9,12-13,15-16,20H,10-11H2,1-6H3,(H,27,28)/t15-,16-,20?/m0/s1. The van der Waals surface area contributed by atoms with Crippen LogP contribution >= 0.6 is 0 Å². The molecule has 190 valence electrons. The number of aryl methyl sites for hydroxylation is 1. The monoisotopic (exact) mass is 505 g/mol. The Hall–Kier alpha value is -3.16. The fourth-order valence-electron chi connectivity index (χ4n) is 3.40. The Morgan fingerprint density at radius 3 is 2.49 bits per heavy atom. The SMILES string of the molecule is COCCC(OC)n1c(NS(=O)(=O)[C@@H](C)[C@H](C)c2cnc(C)cn2)nnc1-c1cccc(OC)n1. The first-order valence-electron chi connectivity index (χ1n) is 11.0. The van der Waals surface area contributed by atoms with Gasteiger partial charge in [-0.1, -0.05) is 13.0 Å². The summed E-state index contributed by atoms with van der Waals surface area (Å²) in [5, 5.41) is 7.50. The van der Waals surface area contributed by atoms with Crippen molar-refractivity contribution in [3.05, 3.63) is 42.0 Å². The molecule has 0 spiro atoms. The molecule has 0 aliphatic heterocycles. The molecular weight excluding hydrogens is 474 g/mol. The number of rotatable bonds is 12. The van der Waals surface area contributed by atoms with Crippen LogP contribution in [-0.4, -0.2) is 71.3 Å². The first kappa shape index (κ1) is 26.4. The Bertz CT molecular complexity index is 1220. The van der Waals surface area contributed by atoms with Crippen molar-refractivity contribution in [3.63, 3.8) is 0 Å². The van der Waals surface area contributed by atoms with Gasteiger partial charge in [0.15, 0.2) is 5.82 Å². The quantitative estimate of drug-likeness (QED) is 0.390. The number of ether oxygens (including phenoxy) is 3. The van der Waals surface area contributed by atoms with Gasteiger partial charge >= 0.3 is 0 Å². The van der Waals surface area contributed by atoms with Gasteiger partial charge in [-0.3, -0.25) is 19.3 Å². The van der Waals surface area contributed by atoms with Crippen LogP contribution in [0, 0.1) is 6.92 Å². The van der Waals surface area contributed by atoms with Gasteiger partial charge in [0.05, 0.1) is 30.4 Å². The third kappa shape index (κ3) is 6.10. The zero-order chi connectivity index (χ0) is 25.6. The molecule has 0 saturated carbocycles. The minimum atomic E-state index is -3.91. The van der Waals surface area contributed by atoms with Crippen molar-refractivity contribution in [2.75, 3.05) is 32.7 Å². The van der Waals surface area contributed by atoms with E-state index in [2.05, 4.69) is 29.9 Å². The highest BCUT2D eigenvalue weighted by Crippen LogP contribution is 2.30. The number of sulfonamides is 1. The summed E-state index contributed by atoms with van der Waals surface area (Å²) < 4.78 is 46.9. The molecule has 0 saturated heterocycles. The lowest BCUT2D eigenvalue weighted by molar-refractivity contribution is 0.0189. The number of hydrogen-bond acceptors (Lipinski definition) is 10. The molecule has 0 aliphatic carbocycles. The van der Waals surface area contributed by atoms with Crippen LogP contribution in [0.1, 0.15) is 43.8 Å². The Kier molecular flexibility index (Phi) is 8.70. The maximum Gasteiger partial charge on any atom is 0.240 e. The summed E-state index contributed by atoms with van der Waals surface area (Å²) in [5.41, 5.74) is 1.77. The van der Waals surface area contributed by atoms with Crippen molar-refractivity contribution >= 4 is 16.0 Å². The zero-order valence-electron chi connectivity index (χ0n) is 20.7. The summed E-state index contributed by atoms with van der Waals surface area (Å²) in [6.07, 6.45) is 3.00. The van der Waals surface area contributed by atoms with Crippen LogP contribution in [0.4, 0.5) is 5.95 Å². The Balaban J connectivity index is 1.99. The number of methoxy groups -OCH3 is 3. The normalized spacial score (nSPS) is 14.3. The van der Waals surface area contributed by atoms with Gasteiger partial charge < -0.3 is 14.2 Å². The molecule has 3 aromatic heterocycles. The van der Waals surface area contributed by atoms with Crippen molar-refractivity contribution in [1.29, 1.82) is 0 Å². The minimum absolute atomic E-state index is 0.00149. The van der Waals surface area contributed by atoms with Gasteiger partial charge in [0.1, 0.15) is 11.9 Å². The highest BCUT2D eigenvalue weighted by molar-refractivity contribution is 7.93. The van der Waals surface area contributed by atoms with Crippen molar-refractivity contribution < 1.29 is 22.6 Å². The fourth-order valence-corrected chi connectivity index (χ4v) is 4.66. The van der Waals surface area contributed by atoms with E-state index in [4.69, 9.17) is 14.2 Å². The summed E-state index contributed by atoms with van der Waals surface area (Å²) >= 11 is 0. The van der Waals surface area contributed by atoms with E-state index in [9.17, 15) is 8.42 Å².